The van der Waals surface area contributed by atoms with Gasteiger partial charge in [0.05, 0.1) is 15.9 Å². The summed E-state index contributed by atoms with van der Waals surface area (Å²) >= 11 is 3.04. The third-order valence-electron chi connectivity index (χ3n) is 2.32. The van der Waals surface area contributed by atoms with Crippen LogP contribution in [0, 0.1) is 6.92 Å². The minimum absolute atomic E-state index is 0.150. The van der Waals surface area contributed by atoms with E-state index in [-0.39, 0.29) is 5.91 Å². The number of carbonyl (C=O) groups is 1. The van der Waals surface area contributed by atoms with Crippen molar-refractivity contribution in [1.29, 1.82) is 0 Å². The van der Waals surface area contributed by atoms with E-state index in [0.29, 0.717) is 10.8 Å². The number of nitrogens with one attached hydrogen (secondary N) is 2. The average Bonchev–Trinajstić information content (AvgIpc) is 2.92. The molecule has 3 rings (SSSR count). The molecule has 0 aliphatic heterocycles. The molecule has 3 aromatic heterocycles. The van der Waals surface area contributed by atoms with Gasteiger partial charge in [0.25, 0.3) is 5.91 Å². The van der Waals surface area contributed by atoms with Crippen molar-refractivity contribution in [2.75, 3.05) is 5.32 Å². The molecule has 0 spiro atoms. The van der Waals surface area contributed by atoms with E-state index in [9.17, 15) is 4.79 Å². The van der Waals surface area contributed by atoms with Gasteiger partial charge in [-0.05, 0) is 24.4 Å². The normalized spacial score (nSPS) is 10.9. The molecule has 0 saturated carbocycles. The molecule has 0 unspecified atom stereocenters. The number of hydrogen-bond acceptors (Lipinski definition) is 4. The van der Waals surface area contributed by atoms with Crippen molar-refractivity contribution in [2.24, 2.45) is 0 Å². The van der Waals surface area contributed by atoms with Crippen molar-refractivity contribution in [3.8, 4) is 0 Å². The second-order valence-electron chi connectivity index (χ2n) is 3.63. The highest BCUT2D eigenvalue weighted by Gasteiger charge is 2.11. The van der Waals surface area contributed by atoms with Crippen molar-refractivity contribution in [2.45, 2.75) is 6.92 Å². The van der Waals surface area contributed by atoms with Gasteiger partial charge in [0.2, 0.25) is 0 Å². The van der Waals surface area contributed by atoms with Gasteiger partial charge < -0.3 is 4.98 Å². The highest BCUT2D eigenvalue weighted by molar-refractivity contribution is 7.17. The van der Waals surface area contributed by atoms with Crippen LogP contribution < -0.4 is 5.32 Å². The zero-order valence-electron chi connectivity index (χ0n) is 8.98. The fraction of sp³-hybridized carbons (Fsp3) is 0.0909. The van der Waals surface area contributed by atoms with Crippen molar-refractivity contribution in [1.82, 2.24) is 9.97 Å². The maximum absolute atomic E-state index is 11.9. The van der Waals surface area contributed by atoms with Crippen LogP contribution in [-0.4, -0.2) is 15.9 Å². The molecule has 1 amide bonds. The molecule has 0 bridgehead atoms. The Morgan fingerprint density at radius 1 is 1.47 bits per heavy atom. The van der Waals surface area contributed by atoms with Gasteiger partial charge >= 0.3 is 0 Å². The Labute approximate surface area is 105 Å². The molecule has 0 radical (unpaired) electrons. The summed E-state index contributed by atoms with van der Waals surface area (Å²) in [6, 6.07) is 3.82. The van der Waals surface area contributed by atoms with Gasteiger partial charge in [-0.1, -0.05) is 0 Å². The first-order valence-electron chi connectivity index (χ1n) is 5.02. The molecule has 3 aromatic rings. The smallest absolute Gasteiger partial charge is 0.273 e. The highest BCUT2D eigenvalue weighted by atomic mass is 32.1. The molecule has 0 saturated heterocycles. The van der Waals surface area contributed by atoms with E-state index in [1.807, 2.05) is 29.8 Å². The summed E-state index contributed by atoms with van der Waals surface area (Å²) in [6.45, 7) is 1.90. The van der Waals surface area contributed by atoms with Gasteiger partial charge in [-0.15, -0.1) is 22.7 Å². The molecule has 0 aliphatic rings. The van der Waals surface area contributed by atoms with E-state index >= 15 is 0 Å². The number of aromatic nitrogens is 2. The fourth-order valence-electron chi connectivity index (χ4n) is 1.55. The molecule has 0 aromatic carbocycles. The predicted molar refractivity (Wildman–Crippen MR) is 71.0 cm³/mol. The number of thiophene rings is 1. The van der Waals surface area contributed by atoms with Crippen molar-refractivity contribution < 1.29 is 4.79 Å². The second-order valence-corrected chi connectivity index (χ2v) is 5.44. The summed E-state index contributed by atoms with van der Waals surface area (Å²) in [5, 5.41) is 7.30. The third kappa shape index (κ3) is 1.96. The molecule has 0 fully saturated rings. The van der Waals surface area contributed by atoms with Crippen molar-refractivity contribution in [3.63, 3.8) is 0 Å². The molecule has 2 N–H and O–H groups in total. The molecule has 17 heavy (non-hydrogen) atoms. The van der Waals surface area contributed by atoms with E-state index in [1.54, 1.807) is 11.3 Å². The van der Waals surface area contributed by atoms with Crippen LogP contribution in [0.2, 0.25) is 0 Å². The van der Waals surface area contributed by atoms with Gasteiger partial charge in [-0.25, -0.2) is 4.98 Å². The lowest BCUT2D eigenvalue weighted by Crippen LogP contribution is -2.11. The van der Waals surface area contributed by atoms with Gasteiger partial charge in [0.15, 0.2) is 5.13 Å². The van der Waals surface area contributed by atoms with Gasteiger partial charge in [-0.3, -0.25) is 10.1 Å². The number of hydrogen-bond donors (Lipinski definition) is 2. The maximum atomic E-state index is 11.9. The number of rotatable bonds is 2. The lowest BCUT2D eigenvalue weighted by atomic mass is 10.4. The highest BCUT2D eigenvalue weighted by Crippen LogP contribution is 2.22. The molecule has 0 aliphatic carbocycles. The average molecular weight is 263 g/mol. The summed E-state index contributed by atoms with van der Waals surface area (Å²) in [5.41, 5.74) is 2.48. The minimum atomic E-state index is -0.150. The number of aromatic amines is 1. The summed E-state index contributed by atoms with van der Waals surface area (Å²) in [7, 11) is 0. The Hall–Kier alpha value is -1.66. The van der Waals surface area contributed by atoms with Gasteiger partial charge in [0.1, 0.15) is 5.69 Å². The Kier molecular flexibility index (Phi) is 2.45. The van der Waals surface area contributed by atoms with Crippen LogP contribution in [0.1, 0.15) is 16.2 Å². The quantitative estimate of drug-likeness (QED) is 0.745. The Balaban J connectivity index is 1.84. The largest absolute Gasteiger partial charge is 0.350 e. The van der Waals surface area contributed by atoms with Crippen LogP contribution in [0.15, 0.2) is 22.9 Å². The Morgan fingerprint density at radius 3 is 3.06 bits per heavy atom. The zero-order chi connectivity index (χ0) is 11.8. The standard InChI is InChI=1S/C11H9N3OS2/c1-6-5-17-11(12-6)14-10(15)8-4-9-7(13-8)2-3-16-9/h2-5,13H,1H3,(H,12,14,15). The van der Waals surface area contributed by atoms with E-state index in [4.69, 9.17) is 0 Å². The Bertz CT molecular complexity index is 651. The Morgan fingerprint density at radius 2 is 2.35 bits per heavy atom. The summed E-state index contributed by atoms with van der Waals surface area (Å²) < 4.78 is 1.09. The van der Waals surface area contributed by atoms with Gasteiger partial charge in [-0.2, -0.15) is 0 Å². The zero-order valence-corrected chi connectivity index (χ0v) is 10.6. The summed E-state index contributed by atoms with van der Waals surface area (Å²) in [4.78, 5) is 19.2. The lowest BCUT2D eigenvalue weighted by Gasteiger charge is -1.97. The second kappa shape index (κ2) is 3.97. The summed E-state index contributed by atoms with van der Waals surface area (Å²) in [5.74, 6) is -0.150. The predicted octanol–water partition coefficient (Wildman–Crippen LogP) is 3.25. The molecule has 0 atom stereocenters. The van der Waals surface area contributed by atoms with Gasteiger partial charge in [0, 0.05) is 5.38 Å². The van der Waals surface area contributed by atoms with Crippen molar-refractivity contribution >= 4 is 43.9 Å². The van der Waals surface area contributed by atoms with E-state index in [0.717, 1.165) is 15.9 Å². The van der Waals surface area contributed by atoms with Crippen LogP contribution in [0.25, 0.3) is 10.2 Å². The SMILES string of the molecule is Cc1csc(NC(=O)c2cc3sccc3[nH]2)n1. The fourth-order valence-corrected chi connectivity index (χ4v) is 3.01. The third-order valence-corrected chi connectivity index (χ3v) is 4.06. The van der Waals surface area contributed by atoms with Crippen LogP contribution in [0.5, 0.6) is 0 Å². The molecule has 4 nitrogen and oxygen atoms in total. The van der Waals surface area contributed by atoms with Crippen LogP contribution >= 0.6 is 22.7 Å². The summed E-state index contributed by atoms with van der Waals surface area (Å²) in [6.07, 6.45) is 0. The van der Waals surface area contributed by atoms with E-state index in [1.165, 1.54) is 11.3 Å². The number of aryl methyl sites for hydroxylation is 1. The van der Waals surface area contributed by atoms with Crippen LogP contribution in [-0.2, 0) is 0 Å². The topological polar surface area (TPSA) is 57.8 Å². The number of carbonyl (C=O) groups excluding carboxylic acids is 1. The molecular weight excluding hydrogens is 254 g/mol. The number of nitrogens with zero attached hydrogens (tertiary/aromatic N) is 1. The van der Waals surface area contributed by atoms with E-state index < -0.39 is 0 Å². The lowest BCUT2D eigenvalue weighted by molar-refractivity contribution is 0.102. The first kappa shape index (κ1) is 10.5. The number of amides is 1. The van der Waals surface area contributed by atoms with Crippen molar-refractivity contribution in [3.05, 3.63) is 34.3 Å². The maximum Gasteiger partial charge on any atom is 0.273 e. The molecule has 6 heteroatoms. The molecule has 3 heterocycles. The first-order chi connectivity index (χ1) is 8.22. The molecular formula is C11H9N3OS2. The molecule has 86 valence electrons. The monoisotopic (exact) mass is 263 g/mol. The minimum Gasteiger partial charge on any atom is -0.350 e. The number of fused-ring (bicyclic) bond motifs is 1. The number of anilines is 1. The van der Waals surface area contributed by atoms with Crippen LogP contribution in [0.3, 0.4) is 0 Å². The van der Waals surface area contributed by atoms with Crippen LogP contribution in [0.4, 0.5) is 5.13 Å². The number of H-pyrrole nitrogens is 1. The van der Waals surface area contributed by atoms with E-state index in [2.05, 4.69) is 15.3 Å². The first-order valence-corrected chi connectivity index (χ1v) is 6.78. The number of thiazole rings is 1.